The van der Waals surface area contributed by atoms with Crippen molar-refractivity contribution >= 4 is 39.1 Å². The van der Waals surface area contributed by atoms with Gasteiger partial charge in [-0.2, -0.15) is 0 Å². The fraction of sp³-hybridized carbons (Fsp3) is 0.417. The van der Waals surface area contributed by atoms with Gasteiger partial charge in [-0.3, -0.25) is 13.9 Å². The zero-order valence-electron chi connectivity index (χ0n) is 20.1. The van der Waals surface area contributed by atoms with Gasteiger partial charge in [0, 0.05) is 18.1 Å². The summed E-state index contributed by atoms with van der Waals surface area (Å²) >= 11 is 5.98. The number of hydrogen-bond donors (Lipinski definition) is 1. The van der Waals surface area contributed by atoms with E-state index in [2.05, 4.69) is 5.32 Å². The van der Waals surface area contributed by atoms with Crippen LogP contribution < -0.4 is 14.4 Å². The van der Waals surface area contributed by atoms with Crippen molar-refractivity contribution < 1.29 is 22.7 Å². The highest BCUT2D eigenvalue weighted by atomic mass is 35.5. The maximum atomic E-state index is 13.4. The van der Waals surface area contributed by atoms with Gasteiger partial charge in [-0.1, -0.05) is 37.6 Å². The van der Waals surface area contributed by atoms with Crippen LogP contribution in [0.4, 0.5) is 5.69 Å². The Morgan fingerprint density at radius 2 is 1.62 bits per heavy atom. The van der Waals surface area contributed by atoms with Crippen molar-refractivity contribution in [2.45, 2.75) is 33.4 Å². The first-order valence-corrected chi connectivity index (χ1v) is 13.1. The summed E-state index contributed by atoms with van der Waals surface area (Å²) in [5.74, 6) is -0.0227. The summed E-state index contributed by atoms with van der Waals surface area (Å²) in [6.07, 6.45) is 1.03. The smallest absolute Gasteiger partial charge is 0.244 e. The molecule has 1 unspecified atom stereocenters. The lowest BCUT2D eigenvalue weighted by molar-refractivity contribution is -0.139. The molecule has 2 aromatic rings. The Morgan fingerprint density at radius 3 is 2.12 bits per heavy atom. The van der Waals surface area contributed by atoms with E-state index in [4.69, 9.17) is 16.3 Å². The molecule has 0 saturated carbocycles. The maximum absolute atomic E-state index is 13.4. The number of methoxy groups -OCH3 is 1. The van der Waals surface area contributed by atoms with E-state index < -0.39 is 28.5 Å². The number of hydrogen-bond acceptors (Lipinski definition) is 5. The van der Waals surface area contributed by atoms with Crippen LogP contribution in [0.2, 0.25) is 5.02 Å². The Labute approximate surface area is 206 Å². The van der Waals surface area contributed by atoms with Crippen molar-refractivity contribution in [3.8, 4) is 5.75 Å². The van der Waals surface area contributed by atoms with Gasteiger partial charge in [0.15, 0.2) is 0 Å². The molecule has 2 rings (SSSR count). The summed E-state index contributed by atoms with van der Waals surface area (Å²) in [4.78, 5) is 27.6. The molecule has 0 radical (unpaired) electrons. The van der Waals surface area contributed by atoms with Crippen LogP contribution in [0, 0.1) is 5.92 Å². The van der Waals surface area contributed by atoms with Crippen LogP contribution in [0.15, 0.2) is 48.5 Å². The van der Waals surface area contributed by atoms with Gasteiger partial charge in [0.1, 0.15) is 18.3 Å². The number of carbonyl (C=O) groups excluding carboxylic acids is 2. The molecule has 0 heterocycles. The summed E-state index contributed by atoms with van der Waals surface area (Å²) in [5.41, 5.74) is 1.08. The standard InChI is InChI=1S/C24H32ClN3O5S/c1-17(2)14-26-24(30)18(3)27(15-19-6-8-20(25)9-7-19)23(29)16-28(34(5,31)32)21-10-12-22(33-4)13-11-21/h6-13,17-18H,14-16H2,1-5H3,(H,26,30). The summed E-state index contributed by atoms with van der Waals surface area (Å²) in [6, 6.07) is 12.5. The first-order chi connectivity index (χ1) is 15.9. The Balaban J connectivity index is 2.34. The highest BCUT2D eigenvalue weighted by Crippen LogP contribution is 2.22. The fourth-order valence-electron chi connectivity index (χ4n) is 3.18. The zero-order chi connectivity index (χ0) is 25.5. The molecule has 0 aliphatic heterocycles. The Hall–Kier alpha value is -2.78. The third-order valence-corrected chi connectivity index (χ3v) is 6.55. The number of rotatable bonds is 11. The molecule has 1 N–H and O–H groups in total. The molecule has 186 valence electrons. The van der Waals surface area contributed by atoms with E-state index in [1.54, 1.807) is 55.5 Å². The number of anilines is 1. The van der Waals surface area contributed by atoms with Crippen molar-refractivity contribution in [3.63, 3.8) is 0 Å². The summed E-state index contributed by atoms with van der Waals surface area (Å²) in [7, 11) is -2.28. The number of amides is 2. The number of nitrogens with one attached hydrogen (secondary N) is 1. The maximum Gasteiger partial charge on any atom is 0.244 e. The Bertz CT molecular complexity index is 1070. The number of sulfonamides is 1. The second-order valence-electron chi connectivity index (χ2n) is 8.43. The number of nitrogens with zero attached hydrogens (tertiary/aromatic N) is 2. The predicted octanol–water partition coefficient (Wildman–Crippen LogP) is 3.30. The molecule has 2 amide bonds. The van der Waals surface area contributed by atoms with Gasteiger partial charge >= 0.3 is 0 Å². The summed E-state index contributed by atoms with van der Waals surface area (Å²) in [5, 5.41) is 3.39. The Kier molecular flexibility index (Phi) is 9.76. The molecule has 2 aromatic carbocycles. The topological polar surface area (TPSA) is 96.0 Å². The van der Waals surface area contributed by atoms with Crippen molar-refractivity contribution in [2.24, 2.45) is 5.92 Å². The highest BCUT2D eigenvalue weighted by Gasteiger charge is 2.30. The van der Waals surface area contributed by atoms with Gasteiger partial charge in [-0.05, 0) is 54.8 Å². The van der Waals surface area contributed by atoms with E-state index in [0.717, 1.165) is 16.1 Å². The lowest BCUT2D eigenvalue weighted by atomic mass is 10.1. The van der Waals surface area contributed by atoms with E-state index in [-0.39, 0.29) is 18.4 Å². The van der Waals surface area contributed by atoms with Crippen molar-refractivity contribution in [1.82, 2.24) is 10.2 Å². The zero-order valence-corrected chi connectivity index (χ0v) is 21.7. The molecule has 8 nitrogen and oxygen atoms in total. The first-order valence-electron chi connectivity index (χ1n) is 10.9. The molecular weight excluding hydrogens is 478 g/mol. The van der Waals surface area contributed by atoms with Gasteiger partial charge in [0.2, 0.25) is 21.8 Å². The first kappa shape index (κ1) is 27.5. The van der Waals surface area contributed by atoms with Crippen LogP contribution in [0.25, 0.3) is 0 Å². The normalized spacial score (nSPS) is 12.2. The van der Waals surface area contributed by atoms with Crippen LogP contribution >= 0.6 is 11.6 Å². The third kappa shape index (κ3) is 7.92. The molecule has 0 aromatic heterocycles. The van der Waals surface area contributed by atoms with Crippen LogP contribution in [0.5, 0.6) is 5.75 Å². The molecule has 0 saturated heterocycles. The highest BCUT2D eigenvalue weighted by molar-refractivity contribution is 7.92. The minimum Gasteiger partial charge on any atom is -0.497 e. The minimum absolute atomic E-state index is 0.118. The van der Waals surface area contributed by atoms with Gasteiger partial charge in [-0.25, -0.2) is 8.42 Å². The molecule has 34 heavy (non-hydrogen) atoms. The van der Waals surface area contributed by atoms with E-state index in [0.29, 0.717) is 23.0 Å². The van der Waals surface area contributed by atoms with Crippen LogP contribution in [-0.2, 0) is 26.2 Å². The average molecular weight is 510 g/mol. The van der Waals surface area contributed by atoms with Crippen molar-refractivity contribution in [1.29, 1.82) is 0 Å². The predicted molar refractivity (Wildman–Crippen MR) is 134 cm³/mol. The van der Waals surface area contributed by atoms with E-state index in [1.165, 1.54) is 12.0 Å². The molecule has 0 spiro atoms. The second-order valence-corrected chi connectivity index (χ2v) is 10.8. The average Bonchev–Trinajstić information content (AvgIpc) is 2.79. The summed E-state index contributed by atoms with van der Waals surface area (Å²) < 4.78 is 31.2. The van der Waals surface area contributed by atoms with Crippen LogP contribution in [0.1, 0.15) is 26.3 Å². The van der Waals surface area contributed by atoms with Crippen molar-refractivity contribution in [2.75, 3.05) is 30.8 Å². The van der Waals surface area contributed by atoms with E-state index in [9.17, 15) is 18.0 Å². The van der Waals surface area contributed by atoms with Gasteiger partial charge in [0.05, 0.1) is 19.1 Å². The lowest BCUT2D eigenvalue weighted by Gasteiger charge is -2.31. The molecular formula is C24H32ClN3O5S. The SMILES string of the molecule is COc1ccc(N(CC(=O)N(Cc2ccc(Cl)cc2)C(C)C(=O)NCC(C)C)S(C)(=O)=O)cc1. The molecule has 10 heteroatoms. The van der Waals surface area contributed by atoms with Crippen LogP contribution in [-0.4, -0.2) is 57.6 Å². The van der Waals surface area contributed by atoms with Gasteiger partial charge in [0.25, 0.3) is 0 Å². The molecule has 1 atom stereocenters. The number of ether oxygens (including phenoxy) is 1. The van der Waals surface area contributed by atoms with Crippen molar-refractivity contribution in [3.05, 3.63) is 59.1 Å². The lowest BCUT2D eigenvalue weighted by Crippen LogP contribution is -2.51. The largest absolute Gasteiger partial charge is 0.497 e. The molecule has 0 fully saturated rings. The fourth-order valence-corrected chi connectivity index (χ4v) is 4.16. The quantitative estimate of drug-likeness (QED) is 0.501. The third-order valence-electron chi connectivity index (χ3n) is 5.16. The minimum atomic E-state index is -3.78. The molecule has 0 aliphatic carbocycles. The van der Waals surface area contributed by atoms with Gasteiger partial charge < -0.3 is 15.0 Å². The van der Waals surface area contributed by atoms with E-state index >= 15 is 0 Å². The summed E-state index contributed by atoms with van der Waals surface area (Å²) in [6.45, 7) is 5.70. The number of carbonyl (C=O) groups is 2. The Morgan fingerprint density at radius 1 is 1.03 bits per heavy atom. The monoisotopic (exact) mass is 509 g/mol. The molecule has 0 bridgehead atoms. The molecule has 0 aliphatic rings. The van der Waals surface area contributed by atoms with E-state index in [1.807, 2.05) is 13.8 Å². The second kappa shape index (κ2) is 12.1. The number of halogens is 1. The van der Waals surface area contributed by atoms with Crippen LogP contribution in [0.3, 0.4) is 0 Å². The van der Waals surface area contributed by atoms with Gasteiger partial charge in [-0.15, -0.1) is 0 Å². The number of benzene rings is 2.